The zero-order valence-corrected chi connectivity index (χ0v) is 16.2. The highest BCUT2D eigenvalue weighted by molar-refractivity contribution is 7.15. The molecule has 1 aromatic carbocycles. The van der Waals surface area contributed by atoms with Crippen LogP contribution in [0.5, 0.6) is 0 Å². The maximum atomic E-state index is 13.2. The van der Waals surface area contributed by atoms with Crippen molar-refractivity contribution < 1.29 is 13.6 Å². The number of aromatic amines is 1. The molecule has 146 valence electrons. The van der Waals surface area contributed by atoms with Crippen molar-refractivity contribution >= 4 is 33.3 Å². The molecule has 0 bridgehead atoms. The van der Waals surface area contributed by atoms with E-state index >= 15 is 0 Å². The molecule has 1 aliphatic carbocycles. The van der Waals surface area contributed by atoms with E-state index in [4.69, 9.17) is 0 Å². The van der Waals surface area contributed by atoms with Crippen molar-refractivity contribution in [3.8, 4) is 0 Å². The van der Waals surface area contributed by atoms with Gasteiger partial charge in [-0.15, -0.1) is 0 Å². The number of para-hydroxylation sites is 1. The van der Waals surface area contributed by atoms with Crippen LogP contribution in [0.2, 0.25) is 0 Å². The number of carbonyl (C=O) groups excluding carboxylic acids is 1. The molecule has 28 heavy (non-hydrogen) atoms. The molecule has 2 aliphatic rings. The number of hydrogen-bond acceptors (Lipinski definition) is 4. The van der Waals surface area contributed by atoms with E-state index in [0.29, 0.717) is 30.3 Å². The van der Waals surface area contributed by atoms with Gasteiger partial charge in [-0.1, -0.05) is 29.5 Å². The second-order valence-electron chi connectivity index (χ2n) is 8.03. The van der Waals surface area contributed by atoms with E-state index in [1.54, 1.807) is 6.92 Å². The van der Waals surface area contributed by atoms with Crippen LogP contribution in [0, 0.1) is 0 Å². The van der Waals surface area contributed by atoms with Crippen molar-refractivity contribution in [3.05, 3.63) is 46.6 Å². The highest BCUT2D eigenvalue weighted by Gasteiger charge is 2.54. The summed E-state index contributed by atoms with van der Waals surface area (Å²) in [6.07, 6.45) is 0.330. The summed E-state index contributed by atoms with van der Waals surface area (Å²) in [6, 6.07) is 9.69. The van der Waals surface area contributed by atoms with E-state index in [2.05, 4.69) is 15.3 Å². The fraction of sp³-hybridized carbons (Fsp3) is 0.400. The van der Waals surface area contributed by atoms with Crippen LogP contribution >= 0.6 is 11.3 Å². The fourth-order valence-corrected chi connectivity index (χ4v) is 5.39. The van der Waals surface area contributed by atoms with Crippen LogP contribution in [0.3, 0.4) is 0 Å². The summed E-state index contributed by atoms with van der Waals surface area (Å²) in [6.45, 7) is 2.89. The number of benzene rings is 1. The number of fused-ring (bicyclic) bond motifs is 2. The van der Waals surface area contributed by atoms with E-state index in [1.807, 2.05) is 35.2 Å². The van der Waals surface area contributed by atoms with Gasteiger partial charge in [0, 0.05) is 47.1 Å². The highest BCUT2D eigenvalue weighted by atomic mass is 32.1. The predicted octanol–water partition coefficient (Wildman–Crippen LogP) is 4.42. The molecule has 3 aromatic rings. The van der Waals surface area contributed by atoms with Crippen molar-refractivity contribution in [2.24, 2.45) is 0 Å². The standard InChI is InChI=1S/C20H20F2N4OS/c1-19(10-20(21,22)11-19)25-18-24-14-6-7-26(9-16(14)28-18)17(27)15-8-12-4-2-3-5-13(12)23-15/h2-5,8,23H,6-7,9-11H2,1H3,(H,24,25). The topological polar surface area (TPSA) is 61.0 Å². The van der Waals surface area contributed by atoms with Crippen LogP contribution in [0.15, 0.2) is 30.3 Å². The van der Waals surface area contributed by atoms with Gasteiger partial charge in [-0.3, -0.25) is 4.79 Å². The summed E-state index contributed by atoms with van der Waals surface area (Å²) in [7, 11) is 0. The van der Waals surface area contributed by atoms with E-state index in [-0.39, 0.29) is 18.7 Å². The molecule has 0 saturated heterocycles. The molecule has 0 atom stereocenters. The molecule has 1 fully saturated rings. The third-order valence-corrected chi connectivity index (χ3v) is 6.48. The van der Waals surface area contributed by atoms with E-state index in [0.717, 1.165) is 21.5 Å². The van der Waals surface area contributed by atoms with Crippen molar-refractivity contribution in [2.45, 2.75) is 44.2 Å². The predicted molar refractivity (Wildman–Crippen MR) is 105 cm³/mol. The van der Waals surface area contributed by atoms with E-state index in [9.17, 15) is 13.6 Å². The molecule has 1 saturated carbocycles. The minimum atomic E-state index is -2.58. The number of rotatable bonds is 3. The summed E-state index contributed by atoms with van der Waals surface area (Å²) in [5.41, 5.74) is 1.88. The Bertz CT molecular complexity index is 1030. The summed E-state index contributed by atoms with van der Waals surface area (Å²) in [4.78, 5) is 23.5. The Morgan fingerprint density at radius 3 is 2.86 bits per heavy atom. The van der Waals surface area contributed by atoms with Gasteiger partial charge in [0.1, 0.15) is 5.69 Å². The zero-order chi connectivity index (χ0) is 19.5. The molecule has 0 spiro atoms. The summed E-state index contributed by atoms with van der Waals surface area (Å²) >= 11 is 1.46. The molecule has 0 radical (unpaired) electrons. The average Bonchev–Trinajstić information content (AvgIpc) is 3.21. The minimum Gasteiger partial charge on any atom is -0.356 e. The summed E-state index contributed by atoms with van der Waals surface area (Å²) < 4.78 is 26.5. The number of thiazole rings is 1. The Balaban J connectivity index is 1.31. The number of nitrogens with zero attached hydrogens (tertiary/aromatic N) is 2. The third kappa shape index (κ3) is 3.05. The maximum absolute atomic E-state index is 13.2. The van der Waals surface area contributed by atoms with Gasteiger partial charge in [0.2, 0.25) is 0 Å². The van der Waals surface area contributed by atoms with Crippen molar-refractivity contribution in [1.82, 2.24) is 14.9 Å². The number of halogens is 2. The maximum Gasteiger partial charge on any atom is 0.270 e. The molecule has 3 heterocycles. The van der Waals surface area contributed by atoms with Crippen LogP contribution in [-0.2, 0) is 13.0 Å². The number of hydrogen-bond donors (Lipinski definition) is 2. The Labute approximate surface area is 164 Å². The van der Waals surface area contributed by atoms with Gasteiger partial charge in [0.05, 0.1) is 12.2 Å². The normalized spacial score (nSPS) is 19.9. The number of nitrogens with one attached hydrogen (secondary N) is 2. The Kier molecular flexibility index (Phi) is 3.78. The van der Waals surface area contributed by atoms with Crippen LogP contribution in [0.25, 0.3) is 10.9 Å². The number of carbonyl (C=O) groups is 1. The van der Waals surface area contributed by atoms with Gasteiger partial charge < -0.3 is 15.2 Å². The second kappa shape index (κ2) is 6.01. The summed E-state index contributed by atoms with van der Waals surface area (Å²) in [5.74, 6) is -2.61. The molecule has 0 unspecified atom stereocenters. The first kappa shape index (κ1) is 17.6. The number of aromatic nitrogens is 2. The third-order valence-electron chi connectivity index (χ3n) is 5.49. The van der Waals surface area contributed by atoms with E-state index < -0.39 is 11.5 Å². The lowest BCUT2D eigenvalue weighted by molar-refractivity contribution is -0.109. The average molecular weight is 402 g/mol. The first-order valence-electron chi connectivity index (χ1n) is 9.32. The van der Waals surface area contributed by atoms with E-state index in [1.165, 1.54) is 11.3 Å². The molecular formula is C20H20F2N4OS. The molecule has 5 nitrogen and oxygen atoms in total. The number of H-pyrrole nitrogens is 1. The van der Waals surface area contributed by atoms with Crippen LogP contribution < -0.4 is 5.32 Å². The number of alkyl halides is 2. The fourth-order valence-electron chi connectivity index (χ4n) is 4.22. The zero-order valence-electron chi connectivity index (χ0n) is 15.4. The van der Waals surface area contributed by atoms with Crippen LogP contribution in [0.4, 0.5) is 13.9 Å². The van der Waals surface area contributed by atoms with Crippen LogP contribution in [0.1, 0.15) is 40.8 Å². The highest BCUT2D eigenvalue weighted by Crippen LogP contribution is 2.47. The Morgan fingerprint density at radius 2 is 2.11 bits per heavy atom. The monoisotopic (exact) mass is 402 g/mol. The van der Waals surface area contributed by atoms with Gasteiger partial charge in [0.25, 0.3) is 11.8 Å². The van der Waals surface area contributed by atoms with Crippen molar-refractivity contribution in [2.75, 3.05) is 11.9 Å². The number of amides is 1. The SMILES string of the molecule is CC1(Nc2nc3c(s2)CN(C(=O)c2cc4ccccc4[nH]2)CC3)CC(F)(F)C1. The first-order valence-corrected chi connectivity index (χ1v) is 10.1. The largest absolute Gasteiger partial charge is 0.356 e. The quantitative estimate of drug-likeness (QED) is 0.682. The summed E-state index contributed by atoms with van der Waals surface area (Å²) in [5, 5.41) is 4.86. The lowest BCUT2D eigenvalue weighted by atomic mass is 9.75. The lowest BCUT2D eigenvalue weighted by Crippen LogP contribution is -2.54. The molecule has 2 aromatic heterocycles. The molecule has 1 amide bonds. The van der Waals surface area contributed by atoms with Gasteiger partial charge in [0.15, 0.2) is 5.13 Å². The Hall–Kier alpha value is -2.48. The molecule has 5 rings (SSSR count). The number of anilines is 1. The van der Waals surface area contributed by atoms with Gasteiger partial charge in [-0.2, -0.15) is 0 Å². The van der Waals surface area contributed by atoms with Crippen LogP contribution in [-0.4, -0.2) is 38.8 Å². The van der Waals surface area contributed by atoms with Gasteiger partial charge in [-0.05, 0) is 19.1 Å². The van der Waals surface area contributed by atoms with Gasteiger partial charge in [-0.25, -0.2) is 13.8 Å². The van der Waals surface area contributed by atoms with Gasteiger partial charge >= 0.3 is 0 Å². The molecule has 8 heteroatoms. The lowest BCUT2D eigenvalue weighted by Gasteiger charge is -2.45. The molecule has 1 aliphatic heterocycles. The second-order valence-corrected chi connectivity index (χ2v) is 9.11. The van der Waals surface area contributed by atoms with Crippen molar-refractivity contribution in [3.63, 3.8) is 0 Å². The minimum absolute atomic E-state index is 0.0321. The Morgan fingerprint density at radius 1 is 1.32 bits per heavy atom. The smallest absolute Gasteiger partial charge is 0.270 e. The molecule has 2 N–H and O–H groups in total. The first-order chi connectivity index (χ1) is 13.3. The van der Waals surface area contributed by atoms with Crippen molar-refractivity contribution in [1.29, 1.82) is 0 Å². The molecular weight excluding hydrogens is 382 g/mol.